The smallest absolute Gasteiger partial charge is 0.530 e. The molecule has 1 amide bonds. The average Bonchev–Trinajstić information content (AvgIpc) is 1.97. The van der Waals surface area contributed by atoms with E-state index < -0.39 is 12.1 Å². The van der Waals surface area contributed by atoms with Crippen LogP contribution in [0, 0.1) is 0 Å². The minimum absolute atomic E-state index is 0. The van der Waals surface area contributed by atoms with Crippen molar-refractivity contribution >= 4 is 12.1 Å². The zero-order valence-corrected chi connectivity index (χ0v) is 7.75. The summed E-state index contributed by atoms with van der Waals surface area (Å²) in [4.78, 5) is 20.5. The first-order chi connectivity index (χ1) is 5.54. The number of rotatable bonds is 4. The standard InChI is InChI=1S/C7H11NO4.Li/c1-5(2)6(9)12-4-3-8-7(10)11;/h8H,1,3-4H2,2H3,(H,10,11);/q;+1/p-1. The Morgan fingerprint density at radius 3 is 2.46 bits per heavy atom. The Bertz CT molecular complexity index is 205. The molecule has 0 unspecified atom stereocenters. The van der Waals surface area contributed by atoms with Crippen LogP contribution < -0.4 is 29.3 Å². The van der Waals surface area contributed by atoms with E-state index in [0.29, 0.717) is 0 Å². The molecule has 0 aromatic rings. The molecule has 5 nitrogen and oxygen atoms in total. The number of ether oxygens (including phenoxy) is 1. The Morgan fingerprint density at radius 1 is 1.54 bits per heavy atom. The molecule has 0 radical (unpaired) electrons. The summed E-state index contributed by atoms with van der Waals surface area (Å²) in [5.74, 6) is -0.532. The molecule has 0 saturated carbocycles. The first-order valence-corrected chi connectivity index (χ1v) is 3.31. The van der Waals surface area contributed by atoms with Gasteiger partial charge in [-0.15, -0.1) is 0 Å². The van der Waals surface area contributed by atoms with E-state index in [1.807, 2.05) is 5.32 Å². The van der Waals surface area contributed by atoms with Crippen molar-refractivity contribution in [3.05, 3.63) is 12.2 Å². The molecule has 0 aliphatic rings. The quantitative estimate of drug-likeness (QED) is 0.207. The van der Waals surface area contributed by atoms with Gasteiger partial charge in [0.25, 0.3) is 0 Å². The van der Waals surface area contributed by atoms with E-state index >= 15 is 0 Å². The largest absolute Gasteiger partial charge is 1.00 e. The number of hydrogen-bond donors (Lipinski definition) is 1. The Hall–Kier alpha value is -0.923. The molecular formula is C7H10LiNO4. The normalized spacial score (nSPS) is 8.08. The molecule has 0 rings (SSSR count). The molecule has 0 atom stereocenters. The van der Waals surface area contributed by atoms with Crippen molar-refractivity contribution in [2.45, 2.75) is 6.92 Å². The second-order valence-corrected chi connectivity index (χ2v) is 2.13. The summed E-state index contributed by atoms with van der Waals surface area (Å²) in [5, 5.41) is 11.7. The van der Waals surface area contributed by atoms with Gasteiger partial charge in [0.05, 0.1) is 6.54 Å². The summed E-state index contributed by atoms with van der Waals surface area (Å²) in [6, 6.07) is 0. The van der Waals surface area contributed by atoms with Crippen molar-refractivity contribution in [1.82, 2.24) is 5.32 Å². The molecule has 0 aromatic heterocycles. The zero-order valence-electron chi connectivity index (χ0n) is 7.75. The van der Waals surface area contributed by atoms with Gasteiger partial charge in [0, 0.05) is 5.57 Å². The topological polar surface area (TPSA) is 78.5 Å². The zero-order chi connectivity index (χ0) is 9.56. The maximum absolute atomic E-state index is 10.7. The van der Waals surface area contributed by atoms with Crippen LogP contribution in [0.5, 0.6) is 0 Å². The molecule has 0 aliphatic carbocycles. The molecule has 6 heteroatoms. The number of amides is 1. The van der Waals surface area contributed by atoms with Gasteiger partial charge < -0.3 is 20.0 Å². The molecule has 0 saturated heterocycles. The molecule has 0 aromatic carbocycles. The van der Waals surface area contributed by atoms with Crippen LogP contribution in [0.1, 0.15) is 6.92 Å². The summed E-state index contributed by atoms with van der Waals surface area (Å²) in [5.41, 5.74) is 0.281. The first-order valence-electron chi connectivity index (χ1n) is 3.31. The van der Waals surface area contributed by atoms with Crippen LogP contribution >= 0.6 is 0 Å². The molecule has 0 bridgehead atoms. The third-order valence-corrected chi connectivity index (χ3v) is 0.953. The maximum atomic E-state index is 10.7. The molecule has 68 valence electrons. The van der Waals surface area contributed by atoms with Crippen LogP contribution in [0.3, 0.4) is 0 Å². The van der Waals surface area contributed by atoms with Crippen LogP contribution in [0.25, 0.3) is 0 Å². The van der Waals surface area contributed by atoms with E-state index in [1.165, 1.54) is 6.92 Å². The minimum Gasteiger partial charge on any atom is -0.530 e. The van der Waals surface area contributed by atoms with E-state index in [1.54, 1.807) is 0 Å². The summed E-state index contributed by atoms with van der Waals surface area (Å²) in [6.45, 7) is 4.87. The van der Waals surface area contributed by atoms with Crippen molar-refractivity contribution in [3.63, 3.8) is 0 Å². The Morgan fingerprint density at radius 2 is 2.08 bits per heavy atom. The molecule has 0 spiro atoms. The second-order valence-electron chi connectivity index (χ2n) is 2.13. The van der Waals surface area contributed by atoms with Gasteiger partial charge in [-0.25, -0.2) is 4.79 Å². The fourth-order valence-electron chi connectivity index (χ4n) is 0.420. The van der Waals surface area contributed by atoms with Gasteiger partial charge in [-0.1, -0.05) is 6.58 Å². The van der Waals surface area contributed by atoms with E-state index in [4.69, 9.17) is 0 Å². The van der Waals surface area contributed by atoms with Gasteiger partial charge in [0.1, 0.15) is 12.7 Å². The predicted molar refractivity (Wildman–Crippen MR) is 39.2 cm³/mol. The van der Waals surface area contributed by atoms with E-state index in [9.17, 15) is 14.7 Å². The Balaban J connectivity index is 0. The van der Waals surface area contributed by atoms with E-state index in [0.717, 1.165) is 0 Å². The van der Waals surface area contributed by atoms with Crippen LogP contribution in [0.15, 0.2) is 12.2 Å². The number of esters is 1. The third kappa shape index (κ3) is 8.99. The van der Waals surface area contributed by atoms with Crippen molar-refractivity contribution in [2.24, 2.45) is 0 Å². The molecule has 0 aliphatic heterocycles. The number of nitrogens with one attached hydrogen (secondary N) is 1. The molecule has 0 fully saturated rings. The fourth-order valence-corrected chi connectivity index (χ4v) is 0.420. The summed E-state index contributed by atoms with van der Waals surface area (Å²) >= 11 is 0. The SMILES string of the molecule is C=C(C)C(=O)OCCNC(=O)[O-].[Li+]. The van der Waals surface area contributed by atoms with E-state index in [2.05, 4.69) is 11.3 Å². The molecule has 13 heavy (non-hydrogen) atoms. The fraction of sp³-hybridized carbons (Fsp3) is 0.429. The van der Waals surface area contributed by atoms with Crippen LogP contribution in [-0.4, -0.2) is 25.2 Å². The summed E-state index contributed by atoms with van der Waals surface area (Å²) < 4.78 is 4.56. The van der Waals surface area contributed by atoms with Gasteiger partial charge in [-0.3, -0.25) is 0 Å². The van der Waals surface area contributed by atoms with Gasteiger partial charge in [-0.05, 0) is 6.92 Å². The number of carboxylic acid groups (broad SMARTS) is 1. The van der Waals surface area contributed by atoms with Crippen LogP contribution in [0.4, 0.5) is 4.79 Å². The number of hydrogen-bond acceptors (Lipinski definition) is 4. The van der Waals surface area contributed by atoms with Crippen molar-refractivity contribution < 1.29 is 38.3 Å². The summed E-state index contributed by atoms with van der Waals surface area (Å²) in [7, 11) is 0. The Labute approximate surface area is 88.3 Å². The van der Waals surface area contributed by atoms with Crippen molar-refractivity contribution in [3.8, 4) is 0 Å². The van der Waals surface area contributed by atoms with Gasteiger partial charge in [0.15, 0.2) is 0 Å². The van der Waals surface area contributed by atoms with Gasteiger partial charge >= 0.3 is 24.8 Å². The molecular weight excluding hydrogens is 169 g/mol. The number of carbonyl (C=O) groups excluding carboxylic acids is 2. The third-order valence-electron chi connectivity index (χ3n) is 0.953. The second kappa shape index (κ2) is 7.71. The van der Waals surface area contributed by atoms with Crippen LogP contribution in [0.2, 0.25) is 0 Å². The van der Waals surface area contributed by atoms with E-state index in [-0.39, 0.29) is 37.6 Å². The molecule has 0 heterocycles. The monoisotopic (exact) mass is 179 g/mol. The van der Waals surface area contributed by atoms with Crippen LogP contribution in [-0.2, 0) is 9.53 Å². The number of carbonyl (C=O) groups is 2. The predicted octanol–water partition coefficient (Wildman–Crippen LogP) is -3.96. The average molecular weight is 179 g/mol. The van der Waals surface area contributed by atoms with Gasteiger partial charge in [0.2, 0.25) is 0 Å². The first kappa shape index (κ1) is 14.6. The Kier molecular flexibility index (Phi) is 8.66. The van der Waals surface area contributed by atoms with Crippen molar-refractivity contribution in [1.29, 1.82) is 0 Å². The van der Waals surface area contributed by atoms with Gasteiger partial charge in [-0.2, -0.15) is 0 Å². The maximum Gasteiger partial charge on any atom is 1.00 e. The molecule has 1 N–H and O–H groups in total. The van der Waals surface area contributed by atoms with Crippen molar-refractivity contribution in [2.75, 3.05) is 13.2 Å². The summed E-state index contributed by atoms with van der Waals surface area (Å²) in [6.07, 6.45) is -1.39. The minimum atomic E-state index is -1.39.